The summed E-state index contributed by atoms with van der Waals surface area (Å²) in [7, 11) is 0. The first-order valence-electron chi connectivity index (χ1n) is 7.63. The lowest BCUT2D eigenvalue weighted by molar-refractivity contribution is -0.159. The minimum absolute atomic E-state index is 0.0871. The van der Waals surface area contributed by atoms with Gasteiger partial charge in [-0.25, -0.2) is 0 Å². The van der Waals surface area contributed by atoms with E-state index in [-0.39, 0.29) is 18.5 Å². The van der Waals surface area contributed by atoms with E-state index in [0.29, 0.717) is 26.2 Å². The predicted molar refractivity (Wildman–Crippen MR) is 84.1 cm³/mol. The van der Waals surface area contributed by atoms with Crippen molar-refractivity contribution in [2.24, 2.45) is 0 Å². The summed E-state index contributed by atoms with van der Waals surface area (Å²) in [6.45, 7) is 8.31. The third kappa shape index (κ3) is 3.85. The van der Waals surface area contributed by atoms with Gasteiger partial charge < -0.3 is 9.64 Å². The smallest absolute Gasteiger partial charge is 0.326 e. The second kappa shape index (κ2) is 6.92. The number of hydrogen-bond acceptors (Lipinski definition) is 4. The van der Waals surface area contributed by atoms with Crippen LogP contribution in [0.15, 0.2) is 30.3 Å². The number of esters is 1. The van der Waals surface area contributed by atoms with E-state index in [2.05, 4.69) is 4.90 Å². The molecule has 2 rings (SSSR count). The second-order valence-corrected chi connectivity index (χ2v) is 6.11. The standard InChI is InChI=1S/C17H24N2O3/c1-14(20)18-9-11-19(12-10-18)17(2,3)16(21)22-13-15-7-5-4-6-8-15/h4-8H,9-13H2,1-3H3. The van der Waals surface area contributed by atoms with Crippen molar-refractivity contribution in [1.29, 1.82) is 0 Å². The van der Waals surface area contributed by atoms with Crippen LogP contribution in [0.1, 0.15) is 26.3 Å². The monoisotopic (exact) mass is 304 g/mol. The Labute approximate surface area is 131 Å². The Morgan fingerprint density at radius 2 is 1.68 bits per heavy atom. The van der Waals surface area contributed by atoms with Gasteiger partial charge in [-0.2, -0.15) is 0 Å². The number of ether oxygens (including phenoxy) is 1. The molecule has 0 radical (unpaired) electrons. The number of rotatable bonds is 4. The second-order valence-electron chi connectivity index (χ2n) is 6.11. The van der Waals surface area contributed by atoms with Gasteiger partial charge in [0, 0.05) is 33.1 Å². The van der Waals surface area contributed by atoms with Gasteiger partial charge >= 0.3 is 5.97 Å². The van der Waals surface area contributed by atoms with E-state index >= 15 is 0 Å². The van der Waals surface area contributed by atoms with Gasteiger partial charge in [-0.05, 0) is 19.4 Å². The Balaban J connectivity index is 1.89. The molecule has 0 bridgehead atoms. The van der Waals surface area contributed by atoms with Crippen molar-refractivity contribution < 1.29 is 14.3 Å². The number of piperazine rings is 1. The largest absolute Gasteiger partial charge is 0.459 e. The summed E-state index contributed by atoms with van der Waals surface area (Å²) in [5, 5.41) is 0. The molecule has 120 valence electrons. The van der Waals surface area contributed by atoms with Crippen LogP contribution < -0.4 is 0 Å². The Morgan fingerprint density at radius 1 is 1.09 bits per heavy atom. The highest BCUT2D eigenvalue weighted by molar-refractivity contribution is 5.80. The predicted octanol–water partition coefficient (Wildman–Crippen LogP) is 1.67. The van der Waals surface area contributed by atoms with E-state index in [9.17, 15) is 9.59 Å². The van der Waals surface area contributed by atoms with Gasteiger partial charge in [0.15, 0.2) is 0 Å². The number of carbonyl (C=O) groups excluding carboxylic acids is 2. The summed E-state index contributed by atoms with van der Waals surface area (Å²) in [5.74, 6) is -0.142. The molecule has 0 saturated carbocycles. The van der Waals surface area contributed by atoms with E-state index in [0.717, 1.165) is 5.56 Å². The number of nitrogens with zero attached hydrogens (tertiary/aromatic N) is 2. The average Bonchev–Trinajstić information content (AvgIpc) is 2.53. The highest BCUT2D eigenvalue weighted by Gasteiger charge is 2.38. The molecule has 0 spiro atoms. The Morgan fingerprint density at radius 3 is 2.23 bits per heavy atom. The highest BCUT2D eigenvalue weighted by atomic mass is 16.5. The van der Waals surface area contributed by atoms with Crippen LogP contribution in [0.3, 0.4) is 0 Å². The topological polar surface area (TPSA) is 49.9 Å². The van der Waals surface area contributed by atoms with Gasteiger partial charge in [0.05, 0.1) is 0 Å². The molecule has 1 heterocycles. The fraction of sp³-hybridized carbons (Fsp3) is 0.529. The molecular formula is C17H24N2O3. The summed E-state index contributed by atoms with van der Waals surface area (Å²) >= 11 is 0. The minimum Gasteiger partial charge on any atom is -0.459 e. The van der Waals surface area contributed by atoms with Gasteiger partial charge in [0.2, 0.25) is 5.91 Å². The van der Waals surface area contributed by atoms with Crippen LogP contribution in [-0.2, 0) is 20.9 Å². The molecule has 5 nitrogen and oxygen atoms in total. The van der Waals surface area contributed by atoms with Gasteiger partial charge in [0.25, 0.3) is 0 Å². The Bertz CT molecular complexity index is 520. The molecule has 0 unspecified atom stereocenters. The van der Waals surface area contributed by atoms with Crippen LogP contribution in [0.5, 0.6) is 0 Å². The molecule has 1 amide bonds. The summed E-state index contributed by atoms with van der Waals surface area (Å²) in [4.78, 5) is 27.7. The highest BCUT2D eigenvalue weighted by Crippen LogP contribution is 2.19. The molecule has 5 heteroatoms. The van der Waals surface area contributed by atoms with Crippen molar-refractivity contribution in [2.75, 3.05) is 26.2 Å². The zero-order valence-electron chi connectivity index (χ0n) is 13.5. The molecule has 0 N–H and O–H groups in total. The Kier molecular flexibility index (Phi) is 5.19. The van der Waals surface area contributed by atoms with Crippen LogP contribution in [0, 0.1) is 0 Å². The summed E-state index contributed by atoms with van der Waals surface area (Å²) in [6.07, 6.45) is 0. The van der Waals surface area contributed by atoms with Crippen LogP contribution in [-0.4, -0.2) is 53.4 Å². The molecule has 1 aliphatic heterocycles. The van der Waals surface area contributed by atoms with Crippen molar-refractivity contribution >= 4 is 11.9 Å². The average molecular weight is 304 g/mol. The first kappa shape index (κ1) is 16.5. The maximum absolute atomic E-state index is 12.4. The van der Waals surface area contributed by atoms with E-state index in [1.807, 2.05) is 49.1 Å². The fourth-order valence-corrected chi connectivity index (χ4v) is 2.61. The quantitative estimate of drug-likeness (QED) is 0.794. The third-order valence-corrected chi connectivity index (χ3v) is 4.23. The fourth-order valence-electron chi connectivity index (χ4n) is 2.61. The molecule has 1 aliphatic rings. The molecule has 22 heavy (non-hydrogen) atoms. The van der Waals surface area contributed by atoms with E-state index < -0.39 is 5.54 Å². The summed E-state index contributed by atoms with van der Waals surface area (Å²) < 4.78 is 5.46. The van der Waals surface area contributed by atoms with Gasteiger partial charge in [-0.1, -0.05) is 30.3 Å². The number of benzene rings is 1. The molecule has 1 fully saturated rings. The number of amides is 1. The molecular weight excluding hydrogens is 280 g/mol. The first-order valence-corrected chi connectivity index (χ1v) is 7.63. The van der Waals surface area contributed by atoms with E-state index in [1.54, 1.807) is 6.92 Å². The molecule has 0 atom stereocenters. The maximum Gasteiger partial charge on any atom is 0.326 e. The zero-order valence-corrected chi connectivity index (χ0v) is 13.5. The zero-order chi connectivity index (χ0) is 16.2. The summed E-state index contributed by atoms with van der Waals surface area (Å²) in [6, 6.07) is 9.66. The van der Waals surface area contributed by atoms with Crippen LogP contribution >= 0.6 is 0 Å². The van der Waals surface area contributed by atoms with Crippen molar-refractivity contribution in [2.45, 2.75) is 32.9 Å². The summed E-state index contributed by atoms with van der Waals surface area (Å²) in [5.41, 5.74) is 0.297. The SMILES string of the molecule is CC(=O)N1CCN(C(C)(C)C(=O)OCc2ccccc2)CC1. The van der Waals surface area contributed by atoms with Crippen molar-refractivity contribution in [1.82, 2.24) is 9.80 Å². The normalized spacial score (nSPS) is 16.4. The van der Waals surface area contributed by atoms with Gasteiger partial charge in [-0.15, -0.1) is 0 Å². The molecule has 1 aromatic rings. The minimum atomic E-state index is -0.683. The Hall–Kier alpha value is -1.88. The lowest BCUT2D eigenvalue weighted by Crippen LogP contribution is -2.58. The van der Waals surface area contributed by atoms with Gasteiger partial charge in [-0.3, -0.25) is 14.5 Å². The number of hydrogen-bond donors (Lipinski definition) is 0. The van der Waals surface area contributed by atoms with Crippen molar-refractivity contribution in [3.8, 4) is 0 Å². The van der Waals surface area contributed by atoms with E-state index in [4.69, 9.17) is 4.74 Å². The first-order chi connectivity index (χ1) is 10.4. The van der Waals surface area contributed by atoms with Gasteiger partial charge in [0.1, 0.15) is 12.1 Å². The molecule has 1 aromatic carbocycles. The lowest BCUT2D eigenvalue weighted by atomic mass is 10.0. The van der Waals surface area contributed by atoms with Crippen molar-refractivity contribution in [3.05, 3.63) is 35.9 Å². The number of carbonyl (C=O) groups is 2. The van der Waals surface area contributed by atoms with Crippen LogP contribution in [0.25, 0.3) is 0 Å². The molecule has 1 saturated heterocycles. The third-order valence-electron chi connectivity index (χ3n) is 4.23. The van der Waals surface area contributed by atoms with E-state index in [1.165, 1.54) is 0 Å². The van der Waals surface area contributed by atoms with Crippen molar-refractivity contribution in [3.63, 3.8) is 0 Å². The molecule has 0 aromatic heterocycles. The maximum atomic E-state index is 12.4. The van der Waals surface area contributed by atoms with Crippen LogP contribution in [0.4, 0.5) is 0 Å². The lowest BCUT2D eigenvalue weighted by Gasteiger charge is -2.42. The van der Waals surface area contributed by atoms with Crippen LogP contribution in [0.2, 0.25) is 0 Å². The molecule has 0 aliphatic carbocycles.